The highest BCUT2D eigenvalue weighted by atomic mass is 32.2. The lowest BCUT2D eigenvalue weighted by molar-refractivity contribution is 0.383. The molecular weight excluding hydrogens is 276 g/mol. The molecule has 2 heterocycles. The van der Waals surface area contributed by atoms with Gasteiger partial charge < -0.3 is 5.73 Å². The highest BCUT2D eigenvalue weighted by molar-refractivity contribution is 7.92. The molecule has 106 valence electrons. The van der Waals surface area contributed by atoms with Gasteiger partial charge in [-0.2, -0.15) is 4.31 Å². The topological polar surface area (TPSA) is 97.5 Å². The maximum atomic E-state index is 12.4. The smallest absolute Gasteiger partial charge is 0.217 e. The van der Waals surface area contributed by atoms with E-state index in [2.05, 4.69) is 0 Å². The molecule has 2 saturated heterocycles. The number of nitrogens with two attached hydrogens (primary N) is 1. The van der Waals surface area contributed by atoms with Crippen LogP contribution in [0.15, 0.2) is 0 Å². The Bertz CT molecular complexity index is 486. The Morgan fingerprint density at radius 2 is 1.78 bits per heavy atom. The summed E-state index contributed by atoms with van der Waals surface area (Å²) in [6.45, 7) is 0.859. The quantitative estimate of drug-likeness (QED) is 0.744. The normalized spacial score (nSPS) is 30.6. The Labute approximate surface area is 108 Å². The molecule has 2 rings (SSSR count). The van der Waals surface area contributed by atoms with Gasteiger partial charge in [0, 0.05) is 19.1 Å². The standard InChI is InChI=1S/C10H20N2O4S2/c11-8-9-2-1-5-12(9)18(15,16)10-3-6-17(13,14)7-4-10/h9-10H,1-8,11H2. The third-order valence-corrected chi connectivity index (χ3v) is 8.01. The van der Waals surface area contributed by atoms with E-state index in [9.17, 15) is 16.8 Å². The second-order valence-electron chi connectivity index (χ2n) is 5.04. The molecule has 0 spiro atoms. The minimum Gasteiger partial charge on any atom is -0.329 e. The number of rotatable bonds is 3. The van der Waals surface area contributed by atoms with Crippen LogP contribution in [0.2, 0.25) is 0 Å². The summed E-state index contributed by atoms with van der Waals surface area (Å²) < 4.78 is 49.1. The average Bonchev–Trinajstić information content (AvgIpc) is 2.77. The van der Waals surface area contributed by atoms with Gasteiger partial charge in [-0.3, -0.25) is 0 Å². The summed E-state index contributed by atoms with van der Waals surface area (Å²) in [7, 11) is -6.41. The van der Waals surface area contributed by atoms with Crippen molar-refractivity contribution in [2.75, 3.05) is 24.6 Å². The van der Waals surface area contributed by atoms with Crippen LogP contribution in [0, 0.1) is 0 Å². The van der Waals surface area contributed by atoms with Gasteiger partial charge in [-0.05, 0) is 25.7 Å². The molecule has 0 amide bonds. The number of sulfone groups is 1. The van der Waals surface area contributed by atoms with Gasteiger partial charge in [0.2, 0.25) is 10.0 Å². The van der Waals surface area contributed by atoms with Crippen molar-refractivity contribution in [1.82, 2.24) is 4.31 Å². The van der Waals surface area contributed by atoms with E-state index in [1.54, 1.807) is 0 Å². The molecule has 2 aliphatic rings. The molecule has 0 aromatic rings. The third-order valence-electron chi connectivity index (χ3n) is 3.84. The van der Waals surface area contributed by atoms with Crippen LogP contribution in [0.1, 0.15) is 25.7 Å². The van der Waals surface area contributed by atoms with Gasteiger partial charge in [0.05, 0.1) is 16.8 Å². The van der Waals surface area contributed by atoms with Crippen LogP contribution in [0.4, 0.5) is 0 Å². The Morgan fingerprint density at radius 3 is 2.33 bits per heavy atom. The second-order valence-corrected chi connectivity index (χ2v) is 9.51. The summed E-state index contributed by atoms with van der Waals surface area (Å²) in [5.41, 5.74) is 5.59. The van der Waals surface area contributed by atoms with Crippen molar-refractivity contribution in [2.45, 2.75) is 37.0 Å². The molecule has 1 atom stereocenters. The second kappa shape index (κ2) is 5.07. The maximum Gasteiger partial charge on any atom is 0.217 e. The molecule has 2 N–H and O–H groups in total. The van der Waals surface area contributed by atoms with Crippen molar-refractivity contribution in [3.8, 4) is 0 Å². The van der Waals surface area contributed by atoms with Crippen LogP contribution < -0.4 is 5.73 Å². The zero-order valence-corrected chi connectivity index (χ0v) is 11.9. The van der Waals surface area contributed by atoms with E-state index in [1.807, 2.05) is 0 Å². The number of sulfonamides is 1. The molecule has 2 fully saturated rings. The van der Waals surface area contributed by atoms with Crippen molar-refractivity contribution in [3.05, 3.63) is 0 Å². The first-order valence-corrected chi connectivity index (χ1v) is 9.60. The van der Waals surface area contributed by atoms with Gasteiger partial charge in [-0.25, -0.2) is 16.8 Å². The fourth-order valence-electron chi connectivity index (χ4n) is 2.74. The van der Waals surface area contributed by atoms with Gasteiger partial charge in [-0.15, -0.1) is 0 Å². The minimum absolute atomic E-state index is 0.0158. The maximum absolute atomic E-state index is 12.4. The van der Waals surface area contributed by atoms with E-state index in [1.165, 1.54) is 4.31 Å². The molecule has 0 aromatic heterocycles. The van der Waals surface area contributed by atoms with Gasteiger partial charge in [0.1, 0.15) is 9.84 Å². The van der Waals surface area contributed by atoms with E-state index < -0.39 is 25.1 Å². The molecular formula is C10H20N2O4S2. The van der Waals surface area contributed by atoms with Crippen LogP contribution in [-0.2, 0) is 19.9 Å². The van der Waals surface area contributed by atoms with E-state index in [0.717, 1.165) is 12.8 Å². The van der Waals surface area contributed by atoms with Crippen molar-refractivity contribution in [1.29, 1.82) is 0 Å². The van der Waals surface area contributed by atoms with Gasteiger partial charge in [0.15, 0.2) is 0 Å². The van der Waals surface area contributed by atoms with E-state index in [0.29, 0.717) is 13.1 Å². The molecule has 0 aromatic carbocycles. The number of hydrogen-bond donors (Lipinski definition) is 1. The molecule has 0 radical (unpaired) electrons. The van der Waals surface area contributed by atoms with E-state index in [-0.39, 0.29) is 30.4 Å². The number of hydrogen-bond acceptors (Lipinski definition) is 5. The highest BCUT2D eigenvalue weighted by Gasteiger charge is 2.40. The summed E-state index contributed by atoms with van der Waals surface area (Å²) >= 11 is 0. The molecule has 18 heavy (non-hydrogen) atoms. The largest absolute Gasteiger partial charge is 0.329 e. The lowest BCUT2D eigenvalue weighted by Gasteiger charge is -2.30. The first-order valence-electron chi connectivity index (χ1n) is 6.28. The lowest BCUT2D eigenvalue weighted by atomic mass is 10.2. The molecule has 0 aliphatic carbocycles. The van der Waals surface area contributed by atoms with E-state index >= 15 is 0 Å². The summed E-state index contributed by atoms with van der Waals surface area (Å²) in [6.07, 6.45) is 2.09. The molecule has 2 aliphatic heterocycles. The third kappa shape index (κ3) is 2.71. The molecule has 1 unspecified atom stereocenters. The van der Waals surface area contributed by atoms with Crippen LogP contribution in [0.25, 0.3) is 0 Å². The van der Waals surface area contributed by atoms with Crippen molar-refractivity contribution < 1.29 is 16.8 Å². The molecule has 6 nitrogen and oxygen atoms in total. The zero-order valence-electron chi connectivity index (χ0n) is 10.3. The Kier molecular flexibility index (Phi) is 4.01. The molecule has 0 bridgehead atoms. The van der Waals surface area contributed by atoms with Crippen LogP contribution in [-0.4, -0.2) is 57.0 Å². The van der Waals surface area contributed by atoms with Crippen molar-refractivity contribution in [3.63, 3.8) is 0 Å². The predicted octanol–water partition coefficient (Wildman–Crippen LogP) is -0.683. The Hall–Kier alpha value is -0.180. The fourth-order valence-corrected chi connectivity index (χ4v) is 6.73. The lowest BCUT2D eigenvalue weighted by Crippen LogP contribution is -2.46. The zero-order chi connectivity index (χ0) is 13.4. The van der Waals surface area contributed by atoms with Gasteiger partial charge >= 0.3 is 0 Å². The first-order chi connectivity index (χ1) is 8.37. The van der Waals surface area contributed by atoms with Crippen molar-refractivity contribution in [2.24, 2.45) is 5.73 Å². The summed E-state index contributed by atoms with van der Waals surface area (Å²) in [5, 5.41) is -0.548. The molecule has 0 saturated carbocycles. The summed E-state index contributed by atoms with van der Waals surface area (Å²) in [5.74, 6) is -0.0317. The van der Waals surface area contributed by atoms with Crippen LogP contribution in [0.3, 0.4) is 0 Å². The first kappa shape index (κ1) is 14.2. The summed E-state index contributed by atoms with van der Waals surface area (Å²) in [6, 6.07) is -0.103. The Balaban J connectivity index is 2.12. The minimum atomic E-state index is -3.38. The highest BCUT2D eigenvalue weighted by Crippen LogP contribution is 2.28. The predicted molar refractivity (Wildman–Crippen MR) is 69.4 cm³/mol. The SMILES string of the molecule is NCC1CCCN1S(=O)(=O)C1CCS(=O)(=O)CC1. The summed E-state index contributed by atoms with van der Waals surface area (Å²) in [4.78, 5) is 0. The van der Waals surface area contributed by atoms with Crippen LogP contribution in [0.5, 0.6) is 0 Å². The van der Waals surface area contributed by atoms with Crippen molar-refractivity contribution >= 4 is 19.9 Å². The fraction of sp³-hybridized carbons (Fsp3) is 1.00. The van der Waals surface area contributed by atoms with Gasteiger partial charge in [-0.1, -0.05) is 0 Å². The monoisotopic (exact) mass is 296 g/mol. The molecule has 8 heteroatoms. The van der Waals surface area contributed by atoms with E-state index in [4.69, 9.17) is 5.73 Å². The van der Waals surface area contributed by atoms with Gasteiger partial charge in [0.25, 0.3) is 0 Å². The average molecular weight is 296 g/mol. The van der Waals surface area contributed by atoms with Crippen LogP contribution >= 0.6 is 0 Å². The number of nitrogens with zero attached hydrogens (tertiary/aromatic N) is 1. The Morgan fingerprint density at radius 1 is 1.17 bits per heavy atom.